The van der Waals surface area contributed by atoms with Crippen molar-refractivity contribution in [3.05, 3.63) is 28.8 Å². The third-order valence-electron chi connectivity index (χ3n) is 5.18. The van der Waals surface area contributed by atoms with E-state index < -0.39 is 0 Å². The second kappa shape index (κ2) is 5.57. The summed E-state index contributed by atoms with van der Waals surface area (Å²) < 4.78 is 6.30. The molecule has 1 aromatic carbocycles. The summed E-state index contributed by atoms with van der Waals surface area (Å²) >= 11 is 6.08. The van der Waals surface area contributed by atoms with Crippen LogP contribution in [0.1, 0.15) is 44.6 Å². The summed E-state index contributed by atoms with van der Waals surface area (Å²) in [6.07, 6.45) is 6.82. The van der Waals surface area contributed by atoms with Gasteiger partial charge >= 0.3 is 0 Å². The molecule has 2 saturated carbocycles. The highest BCUT2D eigenvalue weighted by atomic mass is 35.5. The molecule has 2 aliphatic rings. The summed E-state index contributed by atoms with van der Waals surface area (Å²) in [6.45, 7) is 5.28. The highest BCUT2D eigenvalue weighted by molar-refractivity contribution is 6.31. The van der Waals surface area contributed by atoms with Gasteiger partial charge in [0.15, 0.2) is 0 Å². The Morgan fingerprint density at radius 2 is 2.10 bits per heavy atom. The average Bonchev–Trinajstić information content (AvgIpc) is 2.94. The molecule has 0 aliphatic heterocycles. The fraction of sp³-hybridized carbons (Fsp3) is 0.647. The number of benzene rings is 1. The van der Waals surface area contributed by atoms with E-state index >= 15 is 0 Å². The van der Waals surface area contributed by atoms with Crippen LogP contribution in [0.3, 0.4) is 0 Å². The van der Waals surface area contributed by atoms with Crippen molar-refractivity contribution in [1.29, 1.82) is 0 Å². The lowest BCUT2D eigenvalue weighted by atomic mass is 9.60. The summed E-state index contributed by atoms with van der Waals surface area (Å²) in [5.74, 6) is 0.970. The summed E-state index contributed by atoms with van der Waals surface area (Å²) in [5, 5.41) is 4.46. The molecule has 20 heavy (non-hydrogen) atoms. The van der Waals surface area contributed by atoms with Gasteiger partial charge in [0.1, 0.15) is 11.9 Å². The largest absolute Gasteiger partial charge is 0.490 e. The SMILES string of the molecule is CCNC1CC(Oc2ccc(Cl)c(C)c2)C12CCCC2. The molecule has 2 unspecified atom stereocenters. The number of hydrogen-bond donors (Lipinski definition) is 1. The molecule has 0 radical (unpaired) electrons. The van der Waals surface area contributed by atoms with Gasteiger partial charge in [0.05, 0.1) is 0 Å². The first-order valence-corrected chi connectivity index (χ1v) is 8.20. The topological polar surface area (TPSA) is 21.3 Å². The van der Waals surface area contributed by atoms with E-state index in [1.165, 1.54) is 25.7 Å². The van der Waals surface area contributed by atoms with Crippen molar-refractivity contribution in [1.82, 2.24) is 5.32 Å². The van der Waals surface area contributed by atoms with Crippen LogP contribution in [-0.4, -0.2) is 18.7 Å². The first-order chi connectivity index (χ1) is 9.65. The van der Waals surface area contributed by atoms with Crippen molar-refractivity contribution in [2.24, 2.45) is 5.41 Å². The lowest BCUT2D eigenvalue weighted by molar-refractivity contribution is -0.0755. The van der Waals surface area contributed by atoms with Crippen molar-refractivity contribution in [2.45, 2.75) is 58.1 Å². The van der Waals surface area contributed by atoms with E-state index in [4.69, 9.17) is 16.3 Å². The first-order valence-electron chi connectivity index (χ1n) is 7.82. The predicted octanol–water partition coefficient (Wildman–Crippen LogP) is 4.34. The molecule has 3 rings (SSSR count). The lowest BCUT2D eigenvalue weighted by Crippen LogP contribution is -2.63. The second-order valence-electron chi connectivity index (χ2n) is 6.30. The Hall–Kier alpha value is -0.730. The Morgan fingerprint density at radius 1 is 1.35 bits per heavy atom. The van der Waals surface area contributed by atoms with Crippen LogP contribution in [0.5, 0.6) is 5.75 Å². The molecule has 1 aromatic rings. The van der Waals surface area contributed by atoms with E-state index in [0.29, 0.717) is 17.6 Å². The van der Waals surface area contributed by atoms with E-state index in [1.807, 2.05) is 19.1 Å². The highest BCUT2D eigenvalue weighted by Crippen LogP contribution is 2.54. The van der Waals surface area contributed by atoms with Gasteiger partial charge in [-0.15, -0.1) is 0 Å². The van der Waals surface area contributed by atoms with Gasteiger partial charge in [0.25, 0.3) is 0 Å². The summed E-state index contributed by atoms with van der Waals surface area (Å²) in [7, 11) is 0. The van der Waals surface area contributed by atoms with Crippen LogP contribution in [0.15, 0.2) is 18.2 Å². The maximum atomic E-state index is 6.30. The van der Waals surface area contributed by atoms with Gasteiger partial charge in [-0.2, -0.15) is 0 Å². The van der Waals surface area contributed by atoms with Gasteiger partial charge in [-0.1, -0.05) is 31.4 Å². The molecule has 110 valence electrons. The molecule has 1 N–H and O–H groups in total. The molecule has 2 fully saturated rings. The van der Waals surface area contributed by atoms with Crippen molar-refractivity contribution in [3.63, 3.8) is 0 Å². The van der Waals surface area contributed by atoms with Gasteiger partial charge in [-0.05, 0) is 50.1 Å². The molecule has 0 aromatic heterocycles. The molecule has 2 atom stereocenters. The second-order valence-corrected chi connectivity index (χ2v) is 6.71. The van der Waals surface area contributed by atoms with E-state index in [0.717, 1.165) is 29.3 Å². The van der Waals surface area contributed by atoms with Crippen LogP contribution in [0.2, 0.25) is 5.02 Å². The maximum Gasteiger partial charge on any atom is 0.120 e. The minimum Gasteiger partial charge on any atom is -0.490 e. The Labute approximate surface area is 126 Å². The summed E-state index contributed by atoms with van der Waals surface area (Å²) in [4.78, 5) is 0. The van der Waals surface area contributed by atoms with Crippen molar-refractivity contribution >= 4 is 11.6 Å². The standard InChI is InChI=1S/C17H24ClNO/c1-3-19-15-11-16(17(15)8-4-5-9-17)20-13-6-7-14(18)12(2)10-13/h6-7,10,15-16,19H,3-5,8-9,11H2,1-2H3. The monoisotopic (exact) mass is 293 g/mol. The zero-order valence-corrected chi connectivity index (χ0v) is 13.2. The number of ether oxygens (including phenoxy) is 1. The fourth-order valence-electron chi connectivity index (χ4n) is 4.00. The van der Waals surface area contributed by atoms with Crippen molar-refractivity contribution < 1.29 is 4.74 Å². The van der Waals surface area contributed by atoms with Crippen LogP contribution in [-0.2, 0) is 0 Å². The third kappa shape index (κ3) is 2.33. The van der Waals surface area contributed by atoms with E-state index in [2.05, 4.69) is 18.3 Å². The molecule has 2 aliphatic carbocycles. The fourth-order valence-corrected chi connectivity index (χ4v) is 4.12. The Morgan fingerprint density at radius 3 is 2.75 bits per heavy atom. The number of aryl methyl sites for hydroxylation is 1. The number of rotatable bonds is 4. The van der Waals surface area contributed by atoms with Gasteiger partial charge < -0.3 is 10.1 Å². The van der Waals surface area contributed by atoms with Crippen LogP contribution >= 0.6 is 11.6 Å². The summed E-state index contributed by atoms with van der Waals surface area (Å²) in [5.41, 5.74) is 1.47. The normalized spacial score (nSPS) is 27.6. The molecular formula is C17H24ClNO. The molecule has 1 spiro atoms. The van der Waals surface area contributed by atoms with Crippen LogP contribution < -0.4 is 10.1 Å². The molecular weight excluding hydrogens is 270 g/mol. The number of nitrogens with one attached hydrogen (secondary N) is 1. The Kier molecular flexibility index (Phi) is 3.96. The highest BCUT2D eigenvalue weighted by Gasteiger charge is 2.57. The smallest absolute Gasteiger partial charge is 0.120 e. The van der Waals surface area contributed by atoms with E-state index in [9.17, 15) is 0 Å². The van der Waals surface area contributed by atoms with Crippen LogP contribution in [0.25, 0.3) is 0 Å². The quantitative estimate of drug-likeness (QED) is 0.892. The molecule has 3 heteroatoms. The van der Waals surface area contributed by atoms with Gasteiger partial charge in [0.2, 0.25) is 0 Å². The summed E-state index contributed by atoms with van der Waals surface area (Å²) in [6, 6.07) is 6.64. The van der Waals surface area contributed by atoms with Crippen molar-refractivity contribution in [2.75, 3.05) is 6.54 Å². The Bertz CT molecular complexity index is 482. The van der Waals surface area contributed by atoms with Crippen molar-refractivity contribution in [3.8, 4) is 5.75 Å². The molecule has 0 saturated heterocycles. The van der Waals surface area contributed by atoms with Gasteiger partial charge in [-0.25, -0.2) is 0 Å². The zero-order chi connectivity index (χ0) is 14.2. The number of halogens is 1. The van der Waals surface area contributed by atoms with Gasteiger partial charge in [-0.3, -0.25) is 0 Å². The van der Waals surface area contributed by atoms with Crippen LogP contribution in [0, 0.1) is 12.3 Å². The Balaban J connectivity index is 1.72. The maximum absolute atomic E-state index is 6.30. The lowest BCUT2D eigenvalue weighted by Gasteiger charge is -2.54. The van der Waals surface area contributed by atoms with E-state index in [-0.39, 0.29) is 0 Å². The first kappa shape index (κ1) is 14.2. The van der Waals surface area contributed by atoms with E-state index in [1.54, 1.807) is 0 Å². The minimum absolute atomic E-state index is 0.370. The molecule has 0 bridgehead atoms. The molecule has 0 heterocycles. The molecule has 2 nitrogen and oxygen atoms in total. The zero-order valence-electron chi connectivity index (χ0n) is 12.4. The third-order valence-corrected chi connectivity index (χ3v) is 5.60. The average molecular weight is 294 g/mol. The molecule has 0 amide bonds. The van der Waals surface area contributed by atoms with Gasteiger partial charge in [0, 0.05) is 22.9 Å². The number of hydrogen-bond acceptors (Lipinski definition) is 2. The minimum atomic E-state index is 0.370. The van der Waals surface area contributed by atoms with Crippen LogP contribution in [0.4, 0.5) is 0 Å². The predicted molar refractivity (Wildman–Crippen MR) is 83.6 cm³/mol.